The van der Waals surface area contributed by atoms with Crippen molar-refractivity contribution in [2.24, 2.45) is 5.92 Å². The Hall–Kier alpha value is -3.09. The first kappa shape index (κ1) is 24.6. The van der Waals surface area contributed by atoms with Gasteiger partial charge in [-0.1, -0.05) is 11.6 Å². The molecule has 2 aromatic carbocycles. The number of carbonyl (C=O) groups excluding carboxylic acids is 2. The fourth-order valence-corrected chi connectivity index (χ4v) is 4.93. The van der Waals surface area contributed by atoms with Gasteiger partial charge in [0.05, 0.1) is 15.7 Å². The summed E-state index contributed by atoms with van der Waals surface area (Å²) in [5, 5.41) is 13.5. The Balaban J connectivity index is 1.51. The van der Waals surface area contributed by atoms with Crippen LogP contribution in [0.4, 0.5) is 15.8 Å². The molecule has 0 spiro atoms. The number of nitrogens with zero attached hydrogens (tertiary/aromatic N) is 2. The van der Waals surface area contributed by atoms with Crippen LogP contribution in [0.2, 0.25) is 5.02 Å². The molecule has 0 atom stereocenters. The maximum atomic E-state index is 13.1. The molecule has 13 heteroatoms. The normalized spacial score (nSPS) is 15.1. The number of benzene rings is 2. The van der Waals surface area contributed by atoms with Crippen LogP contribution in [0, 0.1) is 21.8 Å². The molecule has 1 heterocycles. The molecule has 0 aliphatic carbocycles. The molecule has 1 aliphatic heterocycles. The van der Waals surface area contributed by atoms with E-state index >= 15 is 0 Å². The summed E-state index contributed by atoms with van der Waals surface area (Å²) in [5.41, 5.74) is -0.498. The molecule has 0 radical (unpaired) electrons. The average Bonchev–Trinajstić information content (AvgIpc) is 2.79. The molecular formula is C20H19ClFN3O7S. The van der Waals surface area contributed by atoms with Gasteiger partial charge in [0.15, 0.2) is 6.61 Å². The first-order chi connectivity index (χ1) is 15.6. The highest BCUT2D eigenvalue weighted by molar-refractivity contribution is 7.89. The molecule has 2 aromatic rings. The van der Waals surface area contributed by atoms with Crippen LogP contribution in [0.5, 0.6) is 0 Å². The van der Waals surface area contributed by atoms with E-state index in [0.29, 0.717) is 0 Å². The zero-order valence-electron chi connectivity index (χ0n) is 17.1. The SMILES string of the molecule is O=C(COC(=O)C1CCN(S(=O)(=O)c2ccc(F)cc2)CC1)Nc1ccc(Cl)cc1[N+](=O)[O-]. The van der Waals surface area contributed by atoms with Gasteiger partial charge in [0, 0.05) is 24.2 Å². The Morgan fingerprint density at radius 3 is 2.42 bits per heavy atom. The lowest BCUT2D eigenvalue weighted by Gasteiger charge is -2.30. The van der Waals surface area contributed by atoms with Gasteiger partial charge in [-0.05, 0) is 49.2 Å². The molecule has 1 aliphatic rings. The number of hydrogen-bond donors (Lipinski definition) is 1. The van der Waals surface area contributed by atoms with E-state index in [4.69, 9.17) is 16.3 Å². The fourth-order valence-electron chi connectivity index (χ4n) is 3.29. The van der Waals surface area contributed by atoms with Gasteiger partial charge in [-0.3, -0.25) is 19.7 Å². The summed E-state index contributed by atoms with van der Waals surface area (Å²) < 4.78 is 44.5. The van der Waals surface area contributed by atoms with Gasteiger partial charge < -0.3 is 10.1 Å². The second-order valence-electron chi connectivity index (χ2n) is 7.21. The smallest absolute Gasteiger partial charge is 0.309 e. The van der Waals surface area contributed by atoms with Crippen molar-refractivity contribution in [1.82, 2.24) is 4.31 Å². The maximum absolute atomic E-state index is 13.1. The van der Waals surface area contributed by atoms with Crippen molar-refractivity contribution in [2.75, 3.05) is 25.0 Å². The maximum Gasteiger partial charge on any atom is 0.309 e. The fraction of sp³-hybridized carbons (Fsp3) is 0.300. The third-order valence-corrected chi connectivity index (χ3v) is 7.16. The average molecular weight is 500 g/mol. The van der Waals surface area contributed by atoms with E-state index in [9.17, 15) is 32.5 Å². The van der Waals surface area contributed by atoms with Crippen molar-refractivity contribution >= 4 is 44.9 Å². The van der Waals surface area contributed by atoms with Gasteiger partial charge in [0.1, 0.15) is 11.5 Å². The van der Waals surface area contributed by atoms with E-state index < -0.39 is 50.9 Å². The van der Waals surface area contributed by atoms with Crippen LogP contribution < -0.4 is 5.32 Å². The second-order valence-corrected chi connectivity index (χ2v) is 9.58. The highest BCUT2D eigenvalue weighted by Crippen LogP contribution is 2.28. The monoisotopic (exact) mass is 499 g/mol. The molecule has 0 unspecified atom stereocenters. The van der Waals surface area contributed by atoms with Crippen LogP contribution in [0.25, 0.3) is 0 Å². The Morgan fingerprint density at radius 2 is 1.82 bits per heavy atom. The third-order valence-electron chi connectivity index (χ3n) is 5.01. The molecule has 1 fully saturated rings. The number of nitro groups is 1. The van der Waals surface area contributed by atoms with E-state index in [-0.39, 0.29) is 41.5 Å². The van der Waals surface area contributed by atoms with Crippen molar-refractivity contribution in [3.63, 3.8) is 0 Å². The molecular weight excluding hydrogens is 481 g/mol. The van der Waals surface area contributed by atoms with Gasteiger partial charge in [-0.25, -0.2) is 12.8 Å². The molecule has 33 heavy (non-hydrogen) atoms. The quantitative estimate of drug-likeness (QED) is 0.351. The van der Waals surface area contributed by atoms with Gasteiger partial charge in [0.2, 0.25) is 10.0 Å². The number of amides is 1. The number of esters is 1. The number of ether oxygens (including phenoxy) is 1. The minimum atomic E-state index is -3.82. The number of halogens is 2. The summed E-state index contributed by atoms with van der Waals surface area (Å²) in [5.74, 6) is -2.60. The van der Waals surface area contributed by atoms with E-state index in [2.05, 4.69) is 5.32 Å². The predicted molar refractivity (Wildman–Crippen MR) is 116 cm³/mol. The van der Waals surface area contributed by atoms with E-state index in [0.717, 1.165) is 18.2 Å². The zero-order chi connectivity index (χ0) is 24.2. The number of sulfonamides is 1. The summed E-state index contributed by atoms with van der Waals surface area (Å²) in [6.07, 6.45) is 0.368. The van der Waals surface area contributed by atoms with E-state index in [1.165, 1.54) is 28.6 Å². The standard InChI is InChI=1S/C20H19ClFN3O7S/c21-14-1-6-17(18(11-14)25(28)29)23-19(26)12-32-20(27)13-7-9-24(10-8-13)33(30,31)16-4-2-15(22)3-5-16/h1-6,11,13H,7-10,12H2,(H,23,26). The Morgan fingerprint density at radius 1 is 1.18 bits per heavy atom. The number of nitrogens with one attached hydrogen (secondary N) is 1. The number of hydrogen-bond acceptors (Lipinski definition) is 7. The van der Waals surface area contributed by atoms with Crippen LogP contribution >= 0.6 is 11.6 Å². The molecule has 3 rings (SSSR count). The van der Waals surface area contributed by atoms with Crippen LogP contribution in [0.15, 0.2) is 47.4 Å². The molecule has 1 amide bonds. The van der Waals surface area contributed by atoms with Crippen LogP contribution in [-0.4, -0.2) is 49.2 Å². The van der Waals surface area contributed by atoms with Gasteiger partial charge >= 0.3 is 5.97 Å². The first-order valence-electron chi connectivity index (χ1n) is 9.74. The molecule has 0 saturated carbocycles. The highest BCUT2D eigenvalue weighted by atomic mass is 35.5. The lowest BCUT2D eigenvalue weighted by atomic mass is 9.98. The number of piperidine rings is 1. The lowest BCUT2D eigenvalue weighted by Crippen LogP contribution is -2.40. The topological polar surface area (TPSA) is 136 Å². The van der Waals surface area contributed by atoms with Crippen LogP contribution in [0.1, 0.15) is 12.8 Å². The van der Waals surface area contributed by atoms with Crippen molar-refractivity contribution in [2.45, 2.75) is 17.7 Å². The summed E-state index contributed by atoms with van der Waals surface area (Å²) in [6, 6.07) is 8.17. The predicted octanol–water partition coefficient (Wildman–Crippen LogP) is 2.97. The van der Waals surface area contributed by atoms with Crippen molar-refractivity contribution in [3.8, 4) is 0 Å². The Bertz CT molecular complexity index is 1170. The Labute approximate surface area is 193 Å². The molecule has 10 nitrogen and oxygen atoms in total. The Kier molecular flexibility index (Phi) is 7.61. The number of anilines is 1. The van der Waals surface area contributed by atoms with Gasteiger partial charge in [-0.2, -0.15) is 4.31 Å². The van der Waals surface area contributed by atoms with Crippen molar-refractivity contribution in [3.05, 3.63) is 63.4 Å². The third kappa shape index (κ3) is 6.03. The summed E-state index contributed by atoms with van der Waals surface area (Å²) in [7, 11) is -3.82. The molecule has 1 N–H and O–H groups in total. The first-order valence-corrected chi connectivity index (χ1v) is 11.6. The minimum absolute atomic E-state index is 0.0436. The van der Waals surface area contributed by atoms with E-state index in [1.54, 1.807) is 0 Å². The lowest BCUT2D eigenvalue weighted by molar-refractivity contribution is -0.383. The number of nitro benzene ring substituents is 1. The number of rotatable bonds is 7. The van der Waals surface area contributed by atoms with Crippen LogP contribution in [0.3, 0.4) is 0 Å². The molecule has 1 saturated heterocycles. The van der Waals surface area contributed by atoms with Gasteiger partial charge in [-0.15, -0.1) is 0 Å². The minimum Gasteiger partial charge on any atom is -0.455 e. The molecule has 0 bridgehead atoms. The largest absolute Gasteiger partial charge is 0.455 e. The van der Waals surface area contributed by atoms with Crippen LogP contribution in [-0.2, 0) is 24.3 Å². The van der Waals surface area contributed by atoms with Crippen molar-refractivity contribution in [1.29, 1.82) is 0 Å². The molecule has 0 aromatic heterocycles. The van der Waals surface area contributed by atoms with E-state index in [1.807, 2.05) is 0 Å². The van der Waals surface area contributed by atoms with Gasteiger partial charge in [0.25, 0.3) is 11.6 Å². The zero-order valence-corrected chi connectivity index (χ0v) is 18.6. The summed E-state index contributed by atoms with van der Waals surface area (Å²) >= 11 is 5.72. The van der Waals surface area contributed by atoms with Crippen molar-refractivity contribution < 1.29 is 32.1 Å². The summed E-state index contributed by atoms with van der Waals surface area (Å²) in [6.45, 7) is -0.544. The molecule has 176 valence electrons. The highest BCUT2D eigenvalue weighted by Gasteiger charge is 2.33. The number of carbonyl (C=O) groups is 2. The second kappa shape index (κ2) is 10.2. The summed E-state index contributed by atoms with van der Waals surface area (Å²) in [4.78, 5) is 34.7.